The van der Waals surface area contributed by atoms with Crippen molar-refractivity contribution >= 4 is 44.7 Å². The summed E-state index contributed by atoms with van der Waals surface area (Å²) in [6.07, 6.45) is 0.126. The number of benzene rings is 1. The topological polar surface area (TPSA) is 78.4 Å². The highest BCUT2D eigenvalue weighted by atomic mass is 35.5. The predicted octanol–water partition coefficient (Wildman–Crippen LogP) is 2.14. The van der Waals surface area contributed by atoms with Crippen molar-refractivity contribution in [3.8, 4) is 0 Å². The number of carbonyl (C=O) groups excluding carboxylic acids is 1. The summed E-state index contributed by atoms with van der Waals surface area (Å²) in [7, 11) is 0. The van der Waals surface area contributed by atoms with Gasteiger partial charge in [0.2, 0.25) is 5.91 Å². The molecule has 1 aliphatic rings. The van der Waals surface area contributed by atoms with E-state index in [4.69, 9.17) is 11.6 Å². The third kappa shape index (κ3) is 3.70. The second-order valence-electron chi connectivity index (χ2n) is 6.64. The summed E-state index contributed by atoms with van der Waals surface area (Å²) in [6.45, 7) is 2.76. The maximum absolute atomic E-state index is 12.6. The zero-order valence-electron chi connectivity index (χ0n) is 15.1. The summed E-state index contributed by atoms with van der Waals surface area (Å²) in [5, 5.41) is 2.46. The number of piperazine rings is 1. The van der Waals surface area contributed by atoms with Crippen LogP contribution in [0.1, 0.15) is 6.42 Å². The largest absolute Gasteiger partial charge is 0.368 e. The highest BCUT2D eigenvalue weighted by molar-refractivity contribution is 7.17. The molecule has 1 N–H and O–H groups in total. The molecule has 0 bridgehead atoms. The smallest absolute Gasteiger partial charge is 0.328 e. The number of fused-ring (bicyclic) bond motifs is 1. The fourth-order valence-electron chi connectivity index (χ4n) is 3.41. The van der Waals surface area contributed by atoms with Gasteiger partial charge in [0.1, 0.15) is 4.70 Å². The molecule has 28 heavy (non-hydrogen) atoms. The first-order chi connectivity index (χ1) is 13.5. The molecule has 0 aliphatic carbocycles. The summed E-state index contributed by atoms with van der Waals surface area (Å²) >= 11 is 7.21. The number of rotatable bonds is 4. The van der Waals surface area contributed by atoms with E-state index in [1.54, 1.807) is 16.3 Å². The van der Waals surface area contributed by atoms with E-state index in [0.717, 1.165) is 23.3 Å². The summed E-state index contributed by atoms with van der Waals surface area (Å²) in [5.74, 6) is -0.0478. The molecule has 7 nitrogen and oxygen atoms in total. The molecule has 0 atom stereocenters. The van der Waals surface area contributed by atoms with Crippen LogP contribution in [0.15, 0.2) is 45.3 Å². The second kappa shape index (κ2) is 7.81. The Hall–Kier alpha value is -2.58. The van der Waals surface area contributed by atoms with Crippen molar-refractivity contribution in [1.29, 1.82) is 0 Å². The van der Waals surface area contributed by atoms with Crippen molar-refractivity contribution in [2.75, 3.05) is 31.1 Å². The van der Waals surface area contributed by atoms with Gasteiger partial charge in [0.25, 0.3) is 5.56 Å². The minimum Gasteiger partial charge on any atom is -0.368 e. The fraction of sp³-hybridized carbons (Fsp3) is 0.316. The van der Waals surface area contributed by atoms with Crippen LogP contribution < -0.4 is 16.1 Å². The molecule has 146 valence electrons. The van der Waals surface area contributed by atoms with E-state index in [2.05, 4.69) is 9.88 Å². The van der Waals surface area contributed by atoms with Gasteiger partial charge in [0.05, 0.1) is 5.52 Å². The lowest BCUT2D eigenvalue weighted by Gasteiger charge is -2.36. The van der Waals surface area contributed by atoms with E-state index in [0.29, 0.717) is 28.3 Å². The number of anilines is 1. The van der Waals surface area contributed by atoms with Gasteiger partial charge < -0.3 is 14.8 Å². The molecule has 0 spiro atoms. The number of halogens is 1. The van der Waals surface area contributed by atoms with Crippen LogP contribution in [0.4, 0.5) is 5.69 Å². The molecule has 0 unspecified atom stereocenters. The Morgan fingerprint density at radius 1 is 1.07 bits per heavy atom. The summed E-state index contributed by atoms with van der Waals surface area (Å²) in [6, 6.07) is 9.36. The van der Waals surface area contributed by atoms with Gasteiger partial charge in [0.15, 0.2) is 0 Å². The van der Waals surface area contributed by atoms with Crippen LogP contribution in [0.25, 0.3) is 10.2 Å². The molecule has 1 aliphatic heterocycles. The Bertz CT molecular complexity index is 1110. The lowest BCUT2D eigenvalue weighted by molar-refractivity contribution is -0.131. The van der Waals surface area contributed by atoms with E-state index < -0.39 is 5.69 Å². The van der Waals surface area contributed by atoms with Crippen LogP contribution in [0.3, 0.4) is 0 Å². The molecule has 3 aromatic rings. The van der Waals surface area contributed by atoms with Gasteiger partial charge in [-0.05, 0) is 35.7 Å². The molecule has 1 saturated heterocycles. The van der Waals surface area contributed by atoms with Gasteiger partial charge in [0, 0.05) is 49.9 Å². The zero-order valence-corrected chi connectivity index (χ0v) is 16.6. The Kier molecular flexibility index (Phi) is 5.23. The highest BCUT2D eigenvalue weighted by Crippen LogP contribution is 2.19. The van der Waals surface area contributed by atoms with Crippen LogP contribution in [-0.4, -0.2) is 46.5 Å². The molecule has 0 radical (unpaired) electrons. The standard InChI is InChI=1S/C19H19ClN4O3S/c20-13-1-3-14(4-2-13)22-8-10-23(11-9-22)16(25)5-7-24-18(26)17-15(6-12-28-17)21-19(24)27/h1-4,6,12H,5,7-11H2,(H,21,27). The number of carbonyl (C=O) groups is 1. The summed E-state index contributed by atoms with van der Waals surface area (Å²) in [4.78, 5) is 43.8. The second-order valence-corrected chi connectivity index (χ2v) is 8.00. The maximum atomic E-state index is 12.6. The van der Waals surface area contributed by atoms with E-state index in [-0.39, 0.29) is 24.4 Å². The van der Waals surface area contributed by atoms with Crippen molar-refractivity contribution in [1.82, 2.24) is 14.5 Å². The third-order valence-corrected chi connectivity index (χ3v) is 6.12. The first kappa shape index (κ1) is 18.8. The van der Waals surface area contributed by atoms with Gasteiger partial charge in [-0.15, -0.1) is 11.3 Å². The molecule has 1 amide bonds. The SMILES string of the molecule is O=C(CCn1c(=O)[nH]c2ccsc2c1=O)N1CCN(c2ccc(Cl)cc2)CC1. The average molecular weight is 419 g/mol. The minimum absolute atomic E-state index is 0.0478. The normalized spacial score (nSPS) is 14.6. The quantitative estimate of drug-likeness (QED) is 0.704. The van der Waals surface area contributed by atoms with Crippen molar-refractivity contribution in [2.45, 2.75) is 13.0 Å². The number of amides is 1. The number of nitrogens with one attached hydrogen (secondary N) is 1. The number of hydrogen-bond donors (Lipinski definition) is 1. The van der Waals surface area contributed by atoms with E-state index in [1.165, 1.54) is 11.3 Å². The first-order valence-corrected chi connectivity index (χ1v) is 10.3. The van der Waals surface area contributed by atoms with Crippen molar-refractivity contribution < 1.29 is 4.79 Å². The number of aromatic amines is 1. The molecular formula is C19H19ClN4O3S. The van der Waals surface area contributed by atoms with Crippen LogP contribution in [0.5, 0.6) is 0 Å². The fourth-order valence-corrected chi connectivity index (χ4v) is 4.33. The molecule has 2 aromatic heterocycles. The molecule has 0 saturated carbocycles. The van der Waals surface area contributed by atoms with Crippen molar-refractivity contribution in [3.63, 3.8) is 0 Å². The summed E-state index contributed by atoms with van der Waals surface area (Å²) in [5.41, 5.74) is 0.810. The molecule has 1 aromatic carbocycles. The molecule has 3 heterocycles. The van der Waals surface area contributed by atoms with Gasteiger partial charge >= 0.3 is 5.69 Å². The Morgan fingerprint density at radius 3 is 2.50 bits per heavy atom. The van der Waals surface area contributed by atoms with Gasteiger partial charge in [-0.1, -0.05) is 11.6 Å². The molecule has 4 rings (SSSR count). The van der Waals surface area contributed by atoms with E-state index >= 15 is 0 Å². The highest BCUT2D eigenvalue weighted by Gasteiger charge is 2.21. The van der Waals surface area contributed by atoms with Gasteiger partial charge in [-0.25, -0.2) is 4.79 Å². The van der Waals surface area contributed by atoms with Crippen molar-refractivity contribution in [2.24, 2.45) is 0 Å². The molecule has 9 heteroatoms. The zero-order chi connectivity index (χ0) is 19.7. The summed E-state index contributed by atoms with van der Waals surface area (Å²) < 4.78 is 1.62. The lowest BCUT2D eigenvalue weighted by atomic mass is 10.2. The van der Waals surface area contributed by atoms with Crippen LogP contribution in [0.2, 0.25) is 5.02 Å². The number of aromatic nitrogens is 2. The monoisotopic (exact) mass is 418 g/mol. The molecular weight excluding hydrogens is 400 g/mol. The maximum Gasteiger partial charge on any atom is 0.328 e. The van der Waals surface area contributed by atoms with Crippen molar-refractivity contribution in [3.05, 3.63) is 61.6 Å². The Morgan fingerprint density at radius 2 is 1.79 bits per heavy atom. The Balaban J connectivity index is 1.37. The van der Waals surface area contributed by atoms with Gasteiger partial charge in [-0.3, -0.25) is 14.2 Å². The number of H-pyrrole nitrogens is 1. The average Bonchev–Trinajstić information content (AvgIpc) is 3.17. The Labute approximate surface area is 169 Å². The number of thiophene rings is 1. The third-order valence-electron chi connectivity index (χ3n) is 4.96. The van der Waals surface area contributed by atoms with Crippen LogP contribution in [-0.2, 0) is 11.3 Å². The van der Waals surface area contributed by atoms with Crippen LogP contribution in [0, 0.1) is 0 Å². The van der Waals surface area contributed by atoms with E-state index in [9.17, 15) is 14.4 Å². The van der Waals surface area contributed by atoms with Crippen LogP contribution >= 0.6 is 22.9 Å². The number of nitrogens with zero attached hydrogens (tertiary/aromatic N) is 3. The lowest BCUT2D eigenvalue weighted by Crippen LogP contribution is -2.49. The first-order valence-electron chi connectivity index (χ1n) is 9.01. The predicted molar refractivity (Wildman–Crippen MR) is 112 cm³/mol. The molecule has 1 fully saturated rings. The minimum atomic E-state index is -0.476. The van der Waals surface area contributed by atoms with Gasteiger partial charge in [-0.2, -0.15) is 0 Å². The van der Waals surface area contributed by atoms with E-state index in [1.807, 2.05) is 24.3 Å². The number of hydrogen-bond acceptors (Lipinski definition) is 5.